The van der Waals surface area contributed by atoms with Crippen molar-refractivity contribution in [3.05, 3.63) is 29.8 Å². The Morgan fingerprint density at radius 3 is 2.35 bits per heavy atom. The van der Waals surface area contributed by atoms with Gasteiger partial charge in [-0.25, -0.2) is 13.1 Å². The highest BCUT2D eigenvalue weighted by atomic mass is 32.2. The van der Waals surface area contributed by atoms with E-state index >= 15 is 0 Å². The minimum Gasteiger partial charge on any atom is -0.350 e. The maximum absolute atomic E-state index is 11.8. The molecule has 0 spiro atoms. The van der Waals surface area contributed by atoms with Crippen LogP contribution in [0.3, 0.4) is 0 Å². The molecule has 1 aromatic carbocycles. The largest absolute Gasteiger partial charge is 0.350 e. The average molecular weight is 299 g/mol. The predicted molar refractivity (Wildman–Crippen MR) is 78.2 cm³/mol. The Kier molecular flexibility index (Phi) is 6.12. The molecule has 0 bridgehead atoms. The van der Waals surface area contributed by atoms with Gasteiger partial charge in [0.2, 0.25) is 10.0 Å². The molecular weight excluding hydrogens is 278 g/mol. The van der Waals surface area contributed by atoms with Crippen LogP contribution in [-0.2, 0) is 10.0 Å². The molecule has 1 atom stereocenters. The molecule has 0 saturated carbocycles. The van der Waals surface area contributed by atoms with Gasteiger partial charge in [-0.15, -0.1) is 0 Å². The molecule has 1 rings (SSSR count). The Bertz CT molecular complexity index is 540. The van der Waals surface area contributed by atoms with Crippen LogP contribution in [0.25, 0.3) is 0 Å². The molecule has 1 amide bonds. The van der Waals surface area contributed by atoms with E-state index in [-0.39, 0.29) is 16.8 Å². The van der Waals surface area contributed by atoms with Crippen LogP contribution in [-0.4, -0.2) is 40.5 Å². The van der Waals surface area contributed by atoms with Gasteiger partial charge in [0, 0.05) is 24.7 Å². The average Bonchev–Trinajstić information content (AvgIpc) is 2.44. The van der Waals surface area contributed by atoms with Crippen LogP contribution in [0.2, 0.25) is 0 Å². The van der Waals surface area contributed by atoms with E-state index in [9.17, 15) is 13.2 Å². The van der Waals surface area contributed by atoms with Gasteiger partial charge in [-0.2, -0.15) is 0 Å². The second kappa shape index (κ2) is 7.37. The normalized spacial score (nSPS) is 12.9. The number of benzene rings is 1. The topological polar surface area (TPSA) is 87.3 Å². The van der Waals surface area contributed by atoms with Gasteiger partial charge in [0.15, 0.2) is 0 Å². The summed E-state index contributed by atoms with van der Waals surface area (Å²) in [4.78, 5) is 12.0. The zero-order valence-electron chi connectivity index (χ0n) is 11.9. The van der Waals surface area contributed by atoms with Crippen LogP contribution >= 0.6 is 0 Å². The first-order valence-electron chi connectivity index (χ1n) is 6.46. The van der Waals surface area contributed by atoms with E-state index in [2.05, 4.69) is 15.4 Å². The lowest BCUT2D eigenvalue weighted by Crippen LogP contribution is -2.37. The fourth-order valence-electron chi connectivity index (χ4n) is 1.51. The number of nitrogens with one attached hydrogen (secondary N) is 3. The second-order valence-electron chi connectivity index (χ2n) is 4.43. The molecule has 7 heteroatoms. The second-order valence-corrected chi connectivity index (χ2v) is 6.19. The summed E-state index contributed by atoms with van der Waals surface area (Å²) in [6, 6.07) is 6.03. The molecule has 0 aliphatic carbocycles. The molecule has 0 heterocycles. The van der Waals surface area contributed by atoms with Gasteiger partial charge >= 0.3 is 0 Å². The molecule has 0 aromatic heterocycles. The Labute approximate surface area is 120 Å². The lowest BCUT2D eigenvalue weighted by Gasteiger charge is -2.11. The number of carbonyl (C=O) groups excluding carboxylic acids is 1. The molecule has 3 N–H and O–H groups in total. The fraction of sp³-hybridized carbons (Fsp3) is 0.462. The third-order valence-electron chi connectivity index (χ3n) is 2.82. The summed E-state index contributed by atoms with van der Waals surface area (Å²) in [5, 5.41) is 5.78. The van der Waals surface area contributed by atoms with Crippen molar-refractivity contribution in [3.8, 4) is 0 Å². The summed E-state index contributed by atoms with van der Waals surface area (Å²) < 4.78 is 25.9. The Hall–Kier alpha value is -1.44. The monoisotopic (exact) mass is 299 g/mol. The quantitative estimate of drug-likeness (QED) is 0.677. The van der Waals surface area contributed by atoms with Crippen LogP contribution in [0, 0.1) is 0 Å². The predicted octanol–water partition coefficient (Wildman–Crippen LogP) is 0.323. The van der Waals surface area contributed by atoms with Gasteiger partial charge in [0.05, 0.1) is 4.90 Å². The van der Waals surface area contributed by atoms with E-state index in [4.69, 9.17) is 0 Å². The molecule has 20 heavy (non-hydrogen) atoms. The molecule has 0 aliphatic rings. The summed E-state index contributed by atoms with van der Waals surface area (Å²) in [5.41, 5.74) is 0.434. The van der Waals surface area contributed by atoms with Gasteiger partial charge in [0.25, 0.3) is 5.91 Å². The van der Waals surface area contributed by atoms with Gasteiger partial charge in [0.1, 0.15) is 0 Å². The Morgan fingerprint density at radius 2 is 1.85 bits per heavy atom. The summed E-state index contributed by atoms with van der Waals surface area (Å²) in [6.45, 7) is 4.49. The highest BCUT2D eigenvalue weighted by Crippen LogP contribution is 2.10. The zero-order valence-corrected chi connectivity index (χ0v) is 12.8. The zero-order chi connectivity index (χ0) is 15.2. The third-order valence-corrected chi connectivity index (χ3v) is 4.38. The van der Waals surface area contributed by atoms with Gasteiger partial charge in [-0.05, 0) is 38.2 Å². The van der Waals surface area contributed by atoms with Crippen molar-refractivity contribution < 1.29 is 13.2 Å². The molecule has 0 saturated heterocycles. The van der Waals surface area contributed by atoms with Crippen molar-refractivity contribution in [2.75, 3.05) is 20.1 Å². The van der Waals surface area contributed by atoms with Crippen LogP contribution in [0.4, 0.5) is 0 Å². The SMILES string of the molecule is CCNS(=O)(=O)c1ccc(C(=O)NCC(C)NC)cc1. The molecular formula is C13H21N3O3S. The summed E-state index contributed by atoms with van der Waals surface area (Å²) in [6.07, 6.45) is 0. The number of sulfonamides is 1. The third kappa shape index (κ3) is 4.59. The van der Waals surface area contributed by atoms with Gasteiger partial charge < -0.3 is 10.6 Å². The van der Waals surface area contributed by atoms with Crippen molar-refractivity contribution in [2.24, 2.45) is 0 Å². The minimum atomic E-state index is -3.47. The van der Waals surface area contributed by atoms with Crippen molar-refractivity contribution in [1.29, 1.82) is 0 Å². The van der Waals surface area contributed by atoms with Crippen molar-refractivity contribution in [2.45, 2.75) is 24.8 Å². The number of amides is 1. The summed E-state index contributed by atoms with van der Waals surface area (Å²) >= 11 is 0. The lowest BCUT2D eigenvalue weighted by molar-refractivity contribution is 0.0950. The summed E-state index contributed by atoms with van der Waals surface area (Å²) in [7, 11) is -1.66. The van der Waals surface area contributed by atoms with Crippen LogP contribution in [0.1, 0.15) is 24.2 Å². The molecule has 0 fully saturated rings. The standard InChI is InChI=1S/C13H21N3O3S/c1-4-16-20(18,19)12-7-5-11(6-8-12)13(17)15-9-10(2)14-3/h5-8,10,14,16H,4,9H2,1-3H3,(H,15,17). The van der Waals surface area contributed by atoms with E-state index < -0.39 is 10.0 Å². The number of carbonyl (C=O) groups is 1. The first-order chi connectivity index (χ1) is 9.40. The fourth-order valence-corrected chi connectivity index (χ4v) is 2.55. The van der Waals surface area contributed by atoms with E-state index in [0.29, 0.717) is 18.7 Å². The van der Waals surface area contributed by atoms with Crippen molar-refractivity contribution in [3.63, 3.8) is 0 Å². The maximum Gasteiger partial charge on any atom is 0.251 e. The minimum absolute atomic E-state index is 0.152. The van der Waals surface area contributed by atoms with E-state index in [1.807, 2.05) is 14.0 Å². The Morgan fingerprint density at radius 1 is 1.25 bits per heavy atom. The first kappa shape index (κ1) is 16.6. The maximum atomic E-state index is 11.8. The van der Waals surface area contributed by atoms with E-state index in [1.165, 1.54) is 24.3 Å². The molecule has 1 aromatic rings. The van der Waals surface area contributed by atoms with Gasteiger partial charge in [-0.1, -0.05) is 6.92 Å². The van der Waals surface area contributed by atoms with Crippen LogP contribution < -0.4 is 15.4 Å². The van der Waals surface area contributed by atoms with E-state index in [0.717, 1.165) is 0 Å². The van der Waals surface area contributed by atoms with Crippen LogP contribution in [0.5, 0.6) is 0 Å². The highest BCUT2D eigenvalue weighted by molar-refractivity contribution is 7.89. The smallest absolute Gasteiger partial charge is 0.251 e. The molecule has 0 aliphatic heterocycles. The number of rotatable bonds is 7. The summed E-state index contributed by atoms with van der Waals surface area (Å²) in [5.74, 6) is -0.223. The Balaban J connectivity index is 2.74. The number of hydrogen-bond donors (Lipinski definition) is 3. The molecule has 1 unspecified atom stereocenters. The van der Waals surface area contributed by atoms with Crippen molar-refractivity contribution >= 4 is 15.9 Å². The van der Waals surface area contributed by atoms with E-state index in [1.54, 1.807) is 6.92 Å². The van der Waals surface area contributed by atoms with Gasteiger partial charge in [-0.3, -0.25) is 4.79 Å². The highest BCUT2D eigenvalue weighted by Gasteiger charge is 2.13. The van der Waals surface area contributed by atoms with Crippen LogP contribution in [0.15, 0.2) is 29.2 Å². The lowest BCUT2D eigenvalue weighted by atomic mass is 10.2. The van der Waals surface area contributed by atoms with Crippen molar-refractivity contribution in [1.82, 2.24) is 15.4 Å². The molecule has 0 radical (unpaired) electrons. The molecule has 112 valence electrons. The molecule has 6 nitrogen and oxygen atoms in total. The first-order valence-corrected chi connectivity index (χ1v) is 7.94. The number of likely N-dealkylation sites (N-methyl/N-ethyl adjacent to an activating group) is 1. The number of hydrogen-bond acceptors (Lipinski definition) is 4.